The molecule has 1 aliphatic rings. The Balaban J connectivity index is 1.49. The van der Waals surface area contributed by atoms with E-state index in [9.17, 15) is 4.79 Å². The lowest BCUT2D eigenvalue weighted by molar-refractivity contribution is -0.0271. The number of rotatable bonds is 5. The lowest BCUT2D eigenvalue weighted by atomic mass is 10.1. The number of aromatic nitrogens is 6. The van der Waals surface area contributed by atoms with E-state index in [0.29, 0.717) is 44.4 Å². The molecular formula is C16H19N7O3. The number of nitrogens with zero attached hydrogens (tertiary/aromatic N) is 6. The summed E-state index contributed by atoms with van der Waals surface area (Å²) < 4.78 is 10.7. The molecule has 10 nitrogen and oxygen atoms in total. The Kier molecular flexibility index (Phi) is 4.59. The van der Waals surface area contributed by atoms with Gasteiger partial charge in [0.1, 0.15) is 6.10 Å². The van der Waals surface area contributed by atoms with Crippen molar-refractivity contribution in [3.63, 3.8) is 0 Å². The molecule has 0 saturated carbocycles. The number of morpholine rings is 1. The van der Waals surface area contributed by atoms with Gasteiger partial charge in [0.05, 0.1) is 31.8 Å². The summed E-state index contributed by atoms with van der Waals surface area (Å²) in [6.45, 7) is 2.27. The van der Waals surface area contributed by atoms with Gasteiger partial charge in [0.2, 0.25) is 5.82 Å². The number of carbonyl (C=O) groups is 1. The van der Waals surface area contributed by atoms with E-state index < -0.39 is 6.10 Å². The molecule has 3 heterocycles. The summed E-state index contributed by atoms with van der Waals surface area (Å²) in [5.74, 6) is 0.327. The van der Waals surface area contributed by atoms with Gasteiger partial charge in [-0.15, -0.1) is 10.2 Å². The Morgan fingerprint density at radius 2 is 2.31 bits per heavy atom. The van der Waals surface area contributed by atoms with Crippen molar-refractivity contribution in [3.05, 3.63) is 35.8 Å². The maximum absolute atomic E-state index is 12.9. The average molecular weight is 357 g/mol. The lowest BCUT2D eigenvalue weighted by Crippen LogP contribution is -2.42. The molecule has 3 aromatic rings. The minimum atomic E-state index is -0.408. The van der Waals surface area contributed by atoms with Crippen LogP contribution < -0.4 is 0 Å². The zero-order valence-corrected chi connectivity index (χ0v) is 14.3. The fourth-order valence-corrected chi connectivity index (χ4v) is 2.92. The third-order valence-corrected chi connectivity index (χ3v) is 4.28. The van der Waals surface area contributed by atoms with Gasteiger partial charge in [0.15, 0.2) is 5.69 Å². The monoisotopic (exact) mass is 357 g/mol. The summed E-state index contributed by atoms with van der Waals surface area (Å²) >= 11 is 0. The molecule has 1 aromatic carbocycles. The third-order valence-electron chi connectivity index (χ3n) is 4.28. The second kappa shape index (κ2) is 7.18. The normalized spacial score (nSPS) is 17.7. The molecule has 26 heavy (non-hydrogen) atoms. The number of carbonyl (C=O) groups excluding carboxylic acids is 1. The van der Waals surface area contributed by atoms with Crippen LogP contribution in [0.1, 0.15) is 22.4 Å². The van der Waals surface area contributed by atoms with Crippen LogP contribution in [0.25, 0.3) is 10.9 Å². The molecule has 1 saturated heterocycles. The summed E-state index contributed by atoms with van der Waals surface area (Å²) in [6.07, 6.45) is -0.408. The number of hydrogen-bond donors (Lipinski definition) is 1. The Labute approximate surface area is 149 Å². The first-order valence-corrected chi connectivity index (χ1v) is 8.37. The Hall–Kier alpha value is -2.85. The van der Waals surface area contributed by atoms with Crippen molar-refractivity contribution in [1.82, 2.24) is 35.3 Å². The Morgan fingerprint density at radius 1 is 1.42 bits per heavy atom. The minimum Gasteiger partial charge on any atom is -0.383 e. The molecule has 0 aliphatic carbocycles. The molecular weight excluding hydrogens is 338 g/mol. The number of amides is 1. The molecule has 10 heteroatoms. The summed E-state index contributed by atoms with van der Waals surface area (Å²) in [6, 6.07) is 7.56. The second-order valence-electron chi connectivity index (χ2n) is 5.96. The van der Waals surface area contributed by atoms with E-state index in [1.807, 2.05) is 24.3 Å². The van der Waals surface area contributed by atoms with Gasteiger partial charge in [-0.2, -0.15) is 9.90 Å². The first kappa shape index (κ1) is 16.6. The van der Waals surface area contributed by atoms with Gasteiger partial charge >= 0.3 is 0 Å². The number of tetrazole rings is 1. The van der Waals surface area contributed by atoms with Crippen LogP contribution in [-0.4, -0.2) is 74.6 Å². The van der Waals surface area contributed by atoms with E-state index in [1.54, 1.807) is 12.0 Å². The molecule has 1 fully saturated rings. The number of ether oxygens (including phenoxy) is 2. The van der Waals surface area contributed by atoms with E-state index in [4.69, 9.17) is 9.47 Å². The molecule has 1 aliphatic heterocycles. The van der Waals surface area contributed by atoms with Gasteiger partial charge in [-0.25, -0.2) is 0 Å². The Morgan fingerprint density at radius 3 is 3.19 bits per heavy atom. The van der Waals surface area contributed by atoms with E-state index in [-0.39, 0.29) is 5.91 Å². The van der Waals surface area contributed by atoms with Crippen molar-refractivity contribution in [3.8, 4) is 0 Å². The molecule has 0 radical (unpaired) electrons. The summed E-state index contributed by atoms with van der Waals surface area (Å²) in [4.78, 5) is 16.1. The number of methoxy groups -OCH3 is 1. The number of fused-ring (bicyclic) bond motifs is 1. The topological polar surface area (TPSA) is 111 Å². The van der Waals surface area contributed by atoms with Crippen LogP contribution in [0, 0.1) is 0 Å². The number of hydrogen-bond acceptors (Lipinski definition) is 7. The molecule has 1 unspecified atom stereocenters. The minimum absolute atomic E-state index is 0.137. The number of aromatic amines is 1. The highest BCUT2D eigenvalue weighted by Gasteiger charge is 2.30. The van der Waals surface area contributed by atoms with E-state index >= 15 is 0 Å². The van der Waals surface area contributed by atoms with Gasteiger partial charge in [0.25, 0.3) is 5.91 Å². The predicted octanol–water partition coefficient (Wildman–Crippen LogP) is 0.409. The molecule has 1 N–H and O–H groups in total. The predicted molar refractivity (Wildman–Crippen MR) is 90.4 cm³/mol. The number of H-pyrrole nitrogens is 1. The second-order valence-corrected chi connectivity index (χ2v) is 5.96. The fourth-order valence-electron chi connectivity index (χ4n) is 2.92. The standard InChI is InChI=1S/C16H19N7O3/c1-25-8-7-23-20-15(19-21-23)13-10-22(6-9-26-13)16(24)14-11-4-2-3-5-12(11)17-18-14/h2-5,13H,6-10H2,1H3,(H,17,18). The van der Waals surface area contributed by atoms with E-state index in [1.165, 1.54) is 4.80 Å². The van der Waals surface area contributed by atoms with E-state index in [0.717, 1.165) is 10.9 Å². The van der Waals surface area contributed by atoms with Crippen molar-refractivity contribution in [2.75, 3.05) is 33.4 Å². The fraction of sp³-hybridized carbons (Fsp3) is 0.438. The van der Waals surface area contributed by atoms with Crippen molar-refractivity contribution >= 4 is 16.8 Å². The zero-order chi connectivity index (χ0) is 17.9. The molecule has 0 bridgehead atoms. The number of nitrogens with one attached hydrogen (secondary N) is 1. The first-order chi connectivity index (χ1) is 12.8. The van der Waals surface area contributed by atoms with Gasteiger partial charge in [-0.3, -0.25) is 9.89 Å². The quantitative estimate of drug-likeness (QED) is 0.704. The lowest BCUT2D eigenvalue weighted by Gasteiger charge is -2.31. The highest BCUT2D eigenvalue weighted by molar-refractivity contribution is 6.04. The Bertz CT molecular complexity index is 906. The van der Waals surface area contributed by atoms with Crippen LogP contribution in [-0.2, 0) is 16.0 Å². The molecule has 0 spiro atoms. The van der Waals surface area contributed by atoms with Crippen LogP contribution in [0.5, 0.6) is 0 Å². The van der Waals surface area contributed by atoms with Gasteiger partial charge in [0, 0.05) is 19.0 Å². The van der Waals surface area contributed by atoms with Crippen molar-refractivity contribution < 1.29 is 14.3 Å². The maximum atomic E-state index is 12.9. The SMILES string of the molecule is COCCn1nnc(C2CN(C(=O)c3n[nH]c4ccccc34)CCO2)n1. The summed E-state index contributed by atoms with van der Waals surface area (Å²) in [5, 5.41) is 20.2. The van der Waals surface area contributed by atoms with Crippen LogP contribution in [0.4, 0.5) is 0 Å². The largest absolute Gasteiger partial charge is 0.383 e. The van der Waals surface area contributed by atoms with Crippen molar-refractivity contribution in [1.29, 1.82) is 0 Å². The van der Waals surface area contributed by atoms with Crippen molar-refractivity contribution in [2.24, 2.45) is 0 Å². The first-order valence-electron chi connectivity index (χ1n) is 8.37. The molecule has 2 aromatic heterocycles. The molecule has 1 atom stereocenters. The van der Waals surface area contributed by atoms with Gasteiger partial charge in [-0.05, 0) is 11.3 Å². The molecule has 136 valence electrons. The highest BCUT2D eigenvalue weighted by atomic mass is 16.5. The summed E-state index contributed by atoms with van der Waals surface area (Å²) in [5.41, 5.74) is 1.25. The number of para-hydroxylation sites is 1. The third kappa shape index (κ3) is 3.16. The van der Waals surface area contributed by atoms with E-state index in [2.05, 4.69) is 25.6 Å². The summed E-state index contributed by atoms with van der Waals surface area (Å²) in [7, 11) is 1.62. The molecule has 1 amide bonds. The van der Waals surface area contributed by atoms with Gasteiger partial charge < -0.3 is 14.4 Å². The highest BCUT2D eigenvalue weighted by Crippen LogP contribution is 2.22. The molecule has 4 rings (SSSR count). The number of benzene rings is 1. The van der Waals surface area contributed by atoms with Crippen LogP contribution >= 0.6 is 0 Å². The zero-order valence-electron chi connectivity index (χ0n) is 14.3. The van der Waals surface area contributed by atoms with Crippen LogP contribution in [0.3, 0.4) is 0 Å². The van der Waals surface area contributed by atoms with Crippen LogP contribution in [0.2, 0.25) is 0 Å². The van der Waals surface area contributed by atoms with Crippen molar-refractivity contribution in [2.45, 2.75) is 12.6 Å². The smallest absolute Gasteiger partial charge is 0.275 e. The maximum Gasteiger partial charge on any atom is 0.275 e. The van der Waals surface area contributed by atoms with Crippen LogP contribution in [0.15, 0.2) is 24.3 Å². The van der Waals surface area contributed by atoms with Gasteiger partial charge in [-0.1, -0.05) is 18.2 Å². The average Bonchev–Trinajstić information content (AvgIpc) is 3.33.